The third kappa shape index (κ3) is 4.46. The fraction of sp³-hybridized carbons (Fsp3) is 0.263. The first kappa shape index (κ1) is 20.2. The molecule has 3 rings (SSSR count). The Labute approximate surface area is 170 Å². The molecule has 0 fully saturated rings. The number of thiazole rings is 1. The Morgan fingerprint density at radius 3 is 2.57 bits per heavy atom. The molecule has 0 radical (unpaired) electrons. The normalized spacial score (nSPS) is 10.7. The molecule has 0 aliphatic heterocycles. The number of nitrogens with zero attached hydrogens (tertiary/aromatic N) is 1. The molecule has 0 spiro atoms. The van der Waals surface area contributed by atoms with Crippen molar-refractivity contribution in [2.45, 2.75) is 12.8 Å². The highest BCUT2D eigenvalue weighted by atomic mass is 35.5. The average molecular weight is 423 g/mol. The minimum Gasteiger partial charge on any atom is -0.493 e. The second-order valence-electron chi connectivity index (χ2n) is 5.83. The number of ether oxygens (including phenoxy) is 3. The van der Waals surface area contributed by atoms with E-state index < -0.39 is 5.91 Å². The van der Waals surface area contributed by atoms with Crippen molar-refractivity contribution in [1.82, 2.24) is 10.5 Å². The molecule has 7 nitrogen and oxygen atoms in total. The van der Waals surface area contributed by atoms with Crippen LogP contribution >= 0.6 is 22.9 Å². The first-order valence-corrected chi connectivity index (χ1v) is 9.63. The third-order valence-corrected chi connectivity index (χ3v) is 5.30. The molecular formula is C19H19ClN2O5S. The zero-order chi connectivity index (χ0) is 20.1. The van der Waals surface area contributed by atoms with Crippen molar-refractivity contribution in [3.63, 3.8) is 0 Å². The zero-order valence-electron chi connectivity index (χ0n) is 15.3. The fourth-order valence-corrected chi connectivity index (χ4v) is 3.73. The molecule has 0 saturated carbocycles. The van der Waals surface area contributed by atoms with E-state index in [2.05, 4.69) is 4.98 Å². The van der Waals surface area contributed by atoms with Crippen LogP contribution in [0.1, 0.15) is 12.8 Å². The summed E-state index contributed by atoms with van der Waals surface area (Å²) in [6.45, 7) is 0.263. The quantitative estimate of drug-likeness (QED) is 0.319. The SMILES string of the molecule is COc1cc(-c2nc3cc(Cl)ccc3s2)cc(OC)c1OCCCC(=O)NO. The number of hydroxylamine groups is 1. The fourth-order valence-electron chi connectivity index (χ4n) is 2.63. The highest BCUT2D eigenvalue weighted by Crippen LogP contribution is 2.43. The van der Waals surface area contributed by atoms with Gasteiger partial charge >= 0.3 is 0 Å². The monoisotopic (exact) mass is 422 g/mol. The van der Waals surface area contributed by atoms with Crippen LogP contribution in [0.15, 0.2) is 30.3 Å². The number of hydrogen-bond donors (Lipinski definition) is 2. The van der Waals surface area contributed by atoms with Crippen LogP contribution in [-0.2, 0) is 4.79 Å². The molecule has 0 saturated heterocycles. The summed E-state index contributed by atoms with van der Waals surface area (Å²) in [5.74, 6) is 0.979. The lowest BCUT2D eigenvalue weighted by Gasteiger charge is -2.15. The zero-order valence-corrected chi connectivity index (χ0v) is 16.9. The summed E-state index contributed by atoms with van der Waals surface area (Å²) in [6.07, 6.45) is 0.576. The molecule has 3 aromatic rings. The van der Waals surface area contributed by atoms with E-state index in [4.69, 9.17) is 31.0 Å². The molecule has 9 heteroatoms. The minimum atomic E-state index is -0.464. The van der Waals surface area contributed by atoms with Gasteiger partial charge in [-0.05, 0) is 36.8 Å². The van der Waals surface area contributed by atoms with Crippen molar-refractivity contribution in [1.29, 1.82) is 0 Å². The average Bonchev–Trinajstić information content (AvgIpc) is 3.13. The van der Waals surface area contributed by atoms with Gasteiger partial charge in [0.2, 0.25) is 11.7 Å². The van der Waals surface area contributed by atoms with Gasteiger partial charge in [-0.15, -0.1) is 11.3 Å². The van der Waals surface area contributed by atoms with E-state index >= 15 is 0 Å². The summed E-state index contributed by atoms with van der Waals surface area (Å²) in [5.41, 5.74) is 3.25. The van der Waals surface area contributed by atoms with Crippen LogP contribution in [-0.4, -0.2) is 36.9 Å². The van der Waals surface area contributed by atoms with Gasteiger partial charge in [-0.3, -0.25) is 10.0 Å². The van der Waals surface area contributed by atoms with Crippen LogP contribution in [0.5, 0.6) is 17.2 Å². The Hall–Kier alpha value is -2.55. The van der Waals surface area contributed by atoms with Gasteiger partial charge in [0.05, 0.1) is 31.0 Å². The number of rotatable bonds is 8. The van der Waals surface area contributed by atoms with E-state index in [1.54, 1.807) is 31.0 Å². The molecule has 0 aliphatic carbocycles. The molecule has 0 aliphatic rings. The van der Waals surface area contributed by atoms with Gasteiger partial charge in [-0.2, -0.15) is 0 Å². The predicted octanol–water partition coefficient (Wildman–Crippen LogP) is 4.30. The molecule has 0 atom stereocenters. The summed E-state index contributed by atoms with van der Waals surface area (Å²) < 4.78 is 17.7. The van der Waals surface area contributed by atoms with Gasteiger partial charge in [0, 0.05) is 17.0 Å². The number of carbonyl (C=O) groups excluding carboxylic acids is 1. The number of halogens is 1. The molecule has 2 aromatic carbocycles. The summed E-state index contributed by atoms with van der Waals surface area (Å²) >= 11 is 7.59. The van der Waals surface area contributed by atoms with Gasteiger partial charge in [0.25, 0.3) is 0 Å². The van der Waals surface area contributed by atoms with E-state index in [9.17, 15) is 4.79 Å². The number of carbonyl (C=O) groups is 1. The number of fused-ring (bicyclic) bond motifs is 1. The maximum absolute atomic E-state index is 11.1. The van der Waals surface area contributed by atoms with E-state index in [-0.39, 0.29) is 13.0 Å². The van der Waals surface area contributed by atoms with Crippen LogP contribution in [0.4, 0.5) is 0 Å². The Morgan fingerprint density at radius 1 is 1.21 bits per heavy atom. The Balaban J connectivity index is 1.88. The smallest absolute Gasteiger partial charge is 0.243 e. The number of aromatic nitrogens is 1. The van der Waals surface area contributed by atoms with Crippen molar-refractivity contribution in [2.24, 2.45) is 0 Å². The molecule has 1 aromatic heterocycles. The number of amides is 1. The van der Waals surface area contributed by atoms with Gasteiger partial charge in [-0.1, -0.05) is 11.6 Å². The number of hydrogen-bond acceptors (Lipinski definition) is 7. The van der Waals surface area contributed by atoms with Crippen LogP contribution in [0, 0.1) is 0 Å². The Bertz CT molecular complexity index is 967. The van der Waals surface area contributed by atoms with Gasteiger partial charge in [-0.25, -0.2) is 10.5 Å². The summed E-state index contributed by atoms with van der Waals surface area (Å²) in [6, 6.07) is 9.26. The second kappa shape index (κ2) is 9.09. The Kier molecular flexibility index (Phi) is 6.56. The summed E-state index contributed by atoms with van der Waals surface area (Å²) in [4.78, 5) is 15.7. The lowest BCUT2D eigenvalue weighted by atomic mass is 10.2. The number of nitrogens with one attached hydrogen (secondary N) is 1. The van der Waals surface area contributed by atoms with Crippen LogP contribution < -0.4 is 19.7 Å². The predicted molar refractivity (Wildman–Crippen MR) is 108 cm³/mol. The summed E-state index contributed by atoms with van der Waals surface area (Å²) in [7, 11) is 3.09. The first-order valence-electron chi connectivity index (χ1n) is 8.44. The lowest BCUT2D eigenvalue weighted by molar-refractivity contribution is -0.129. The van der Waals surface area contributed by atoms with Crippen molar-refractivity contribution in [3.05, 3.63) is 35.4 Å². The molecular weight excluding hydrogens is 404 g/mol. The maximum atomic E-state index is 11.1. The molecule has 148 valence electrons. The third-order valence-electron chi connectivity index (χ3n) is 3.98. The number of benzene rings is 2. The standard InChI is InChI=1S/C19H19ClN2O5S/c1-25-14-8-11(19-21-13-10-12(20)5-6-16(13)28-19)9-15(26-2)18(14)27-7-3-4-17(23)22-24/h5-6,8-10,24H,3-4,7H2,1-2H3,(H,22,23). The molecule has 0 bridgehead atoms. The first-order chi connectivity index (χ1) is 13.5. The Morgan fingerprint density at radius 2 is 1.93 bits per heavy atom. The van der Waals surface area contributed by atoms with Crippen molar-refractivity contribution >= 4 is 39.1 Å². The van der Waals surface area contributed by atoms with Crippen LogP contribution in [0.25, 0.3) is 20.8 Å². The van der Waals surface area contributed by atoms with Gasteiger partial charge in [0.15, 0.2) is 11.5 Å². The highest BCUT2D eigenvalue weighted by Gasteiger charge is 2.17. The lowest BCUT2D eigenvalue weighted by Crippen LogP contribution is -2.18. The van der Waals surface area contributed by atoms with Crippen molar-refractivity contribution in [3.8, 4) is 27.8 Å². The maximum Gasteiger partial charge on any atom is 0.243 e. The highest BCUT2D eigenvalue weighted by molar-refractivity contribution is 7.21. The molecule has 28 heavy (non-hydrogen) atoms. The van der Waals surface area contributed by atoms with Gasteiger partial charge < -0.3 is 14.2 Å². The van der Waals surface area contributed by atoms with Crippen molar-refractivity contribution in [2.75, 3.05) is 20.8 Å². The van der Waals surface area contributed by atoms with E-state index in [0.29, 0.717) is 28.7 Å². The largest absolute Gasteiger partial charge is 0.493 e. The van der Waals surface area contributed by atoms with Crippen LogP contribution in [0.3, 0.4) is 0 Å². The van der Waals surface area contributed by atoms with E-state index in [1.807, 2.05) is 30.3 Å². The molecule has 1 heterocycles. The molecule has 2 N–H and O–H groups in total. The molecule has 1 amide bonds. The second-order valence-corrected chi connectivity index (χ2v) is 7.30. The van der Waals surface area contributed by atoms with E-state index in [0.717, 1.165) is 20.8 Å². The van der Waals surface area contributed by atoms with Crippen molar-refractivity contribution < 1.29 is 24.2 Å². The number of methoxy groups -OCH3 is 2. The minimum absolute atomic E-state index is 0.146. The molecule has 0 unspecified atom stereocenters. The van der Waals surface area contributed by atoms with Crippen LogP contribution in [0.2, 0.25) is 5.02 Å². The topological polar surface area (TPSA) is 89.9 Å². The van der Waals surface area contributed by atoms with Gasteiger partial charge in [0.1, 0.15) is 5.01 Å². The van der Waals surface area contributed by atoms with E-state index in [1.165, 1.54) is 0 Å². The summed E-state index contributed by atoms with van der Waals surface area (Å²) in [5, 5.41) is 9.97.